The van der Waals surface area contributed by atoms with Crippen LogP contribution in [0.4, 0.5) is 11.6 Å². The lowest BCUT2D eigenvalue weighted by molar-refractivity contribution is -0.116. The van der Waals surface area contributed by atoms with Gasteiger partial charge in [-0.2, -0.15) is 4.31 Å². The number of aryl methyl sites for hydroxylation is 2. The first kappa shape index (κ1) is 22.1. The maximum atomic E-state index is 12.6. The minimum atomic E-state index is -3.54. The van der Waals surface area contributed by atoms with Crippen LogP contribution in [0.25, 0.3) is 0 Å². The highest BCUT2D eigenvalue weighted by atomic mass is 32.2. The maximum absolute atomic E-state index is 12.6. The van der Waals surface area contributed by atoms with Gasteiger partial charge in [0.25, 0.3) is 0 Å². The van der Waals surface area contributed by atoms with Crippen molar-refractivity contribution in [2.24, 2.45) is 0 Å². The number of morpholine rings is 1. The lowest BCUT2D eigenvalue weighted by Gasteiger charge is -2.26. The van der Waals surface area contributed by atoms with Crippen molar-refractivity contribution < 1.29 is 17.9 Å². The molecule has 0 radical (unpaired) electrons. The van der Waals surface area contributed by atoms with Crippen LogP contribution in [0.2, 0.25) is 0 Å². The van der Waals surface area contributed by atoms with Crippen molar-refractivity contribution in [3.05, 3.63) is 41.7 Å². The molecule has 1 aromatic carbocycles. The lowest BCUT2D eigenvalue weighted by atomic mass is 10.2. The fourth-order valence-corrected chi connectivity index (χ4v) is 4.53. The van der Waals surface area contributed by atoms with Crippen LogP contribution in [0, 0.1) is 13.8 Å². The van der Waals surface area contributed by atoms with Gasteiger partial charge >= 0.3 is 0 Å². The van der Waals surface area contributed by atoms with E-state index in [1.807, 2.05) is 19.9 Å². The summed E-state index contributed by atoms with van der Waals surface area (Å²) in [6.45, 7) is 5.89. The summed E-state index contributed by atoms with van der Waals surface area (Å²) < 4.78 is 31.9. The molecule has 30 heavy (non-hydrogen) atoms. The predicted molar refractivity (Wildman–Crippen MR) is 114 cm³/mol. The van der Waals surface area contributed by atoms with Gasteiger partial charge in [-0.1, -0.05) is 0 Å². The van der Waals surface area contributed by atoms with Gasteiger partial charge in [-0.05, 0) is 50.6 Å². The molecule has 2 heterocycles. The van der Waals surface area contributed by atoms with Crippen molar-refractivity contribution in [2.75, 3.05) is 43.5 Å². The zero-order valence-corrected chi connectivity index (χ0v) is 18.0. The number of aromatic nitrogens is 2. The summed E-state index contributed by atoms with van der Waals surface area (Å²) in [6.07, 6.45) is 0.942. The molecular formula is C20H27N5O4S. The molecule has 1 saturated heterocycles. The van der Waals surface area contributed by atoms with E-state index in [2.05, 4.69) is 20.6 Å². The first-order chi connectivity index (χ1) is 14.3. The second kappa shape index (κ2) is 9.96. The summed E-state index contributed by atoms with van der Waals surface area (Å²) in [5, 5.41) is 5.91. The molecule has 0 saturated carbocycles. The number of carbonyl (C=O) groups excluding carboxylic acids is 1. The summed E-state index contributed by atoms with van der Waals surface area (Å²) in [4.78, 5) is 21.0. The molecule has 1 aromatic heterocycles. The van der Waals surface area contributed by atoms with Crippen LogP contribution >= 0.6 is 0 Å². The van der Waals surface area contributed by atoms with Gasteiger partial charge in [0.15, 0.2) is 0 Å². The number of sulfonamides is 1. The number of nitrogens with zero attached hydrogens (tertiary/aromatic N) is 3. The van der Waals surface area contributed by atoms with Crippen molar-refractivity contribution in [1.29, 1.82) is 0 Å². The van der Waals surface area contributed by atoms with E-state index in [4.69, 9.17) is 4.74 Å². The average molecular weight is 434 g/mol. The van der Waals surface area contributed by atoms with E-state index in [1.165, 1.54) is 16.4 Å². The summed E-state index contributed by atoms with van der Waals surface area (Å²) in [7, 11) is -3.54. The molecule has 10 heteroatoms. The molecule has 2 aromatic rings. The van der Waals surface area contributed by atoms with Gasteiger partial charge in [-0.15, -0.1) is 0 Å². The summed E-state index contributed by atoms with van der Waals surface area (Å²) in [5.74, 6) is 0.423. The summed E-state index contributed by atoms with van der Waals surface area (Å²) in [5.41, 5.74) is 2.34. The monoisotopic (exact) mass is 433 g/mol. The molecule has 162 valence electrons. The van der Waals surface area contributed by atoms with Crippen LogP contribution in [0.5, 0.6) is 0 Å². The third-order valence-corrected chi connectivity index (χ3v) is 6.50. The standard InChI is InChI=1S/C20H27N5O4S/c1-15-14-16(2)23-20(22-15)21-9-3-4-19(26)24-17-5-7-18(8-6-17)30(27,28)25-10-12-29-13-11-25/h5-8,14H,3-4,9-13H2,1-2H3,(H,24,26)(H,21,22,23). The van der Waals surface area contributed by atoms with Crippen molar-refractivity contribution in [3.63, 3.8) is 0 Å². The van der Waals surface area contributed by atoms with Crippen molar-refractivity contribution >= 4 is 27.6 Å². The zero-order valence-electron chi connectivity index (χ0n) is 17.2. The molecule has 0 bridgehead atoms. The fourth-order valence-electron chi connectivity index (χ4n) is 3.12. The molecule has 1 aliphatic heterocycles. The number of ether oxygens (including phenoxy) is 1. The van der Waals surface area contributed by atoms with Crippen LogP contribution in [0.3, 0.4) is 0 Å². The molecule has 0 aliphatic carbocycles. The number of nitrogens with one attached hydrogen (secondary N) is 2. The first-order valence-corrected chi connectivity index (χ1v) is 11.3. The molecule has 2 N–H and O–H groups in total. The highest BCUT2D eigenvalue weighted by Gasteiger charge is 2.26. The van der Waals surface area contributed by atoms with E-state index < -0.39 is 10.0 Å². The molecule has 1 aliphatic rings. The van der Waals surface area contributed by atoms with Crippen molar-refractivity contribution in [2.45, 2.75) is 31.6 Å². The molecule has 1 fully saturated rings. The van der Waals surface area contributed by atoms with Gasteiger partial charge in [0.2, 0.25) is 21.9 Å². The highest BCUT2D eigenvalue weighted by molar-refractivity contribution is 7.89. The fraction of sp³-hybridized carbons (Fsp3) is 0.450. The zero-order chi connectivity index (χ0) is 21.6. The van der Waals surface area contributed by atoms with Crippen LogP contribution in [-0.2, 0) is 19.6 Å². The van der Waals surface area contributed by atoms with Crippen LogP contribution in [0.1, 0.15) is 24.2 Å². The highest BCUT2D eigenvalue weighted by Crippen LogP contribution is 2.19. The number of hydrogen-bond donors (Lipinski definition) is 2. The molecular weight excluding hydrogens is 406 g/mol. The smallest absolute Gasteiger partial charge is 0.243 e. The topological polar surface area (TPSA) is 114 Å². The number of benzene rings is 1. The molecule has 0 unspecified atom stereocenters. The Morgan fingerprint density at radius 2 is 1.73 bits per heavy atom. The number of amides is 1. The van der Waals surface area contributed by atoms with Gasteiger partial charge in [-0.25, -0.2) is 18.4 Å². The van der Waals surface area contributed by atoms with Crippen LogP contribution in [-0.4, -0.2) is 61.4 Å². The van der Waals surface area contributed by atoms with Gasteiger partial charge in [0.05, 0.1) is 18.1 Å². The molecule has 3 rings (SSSR count). The lowest BCUT2D eigenvalue weighted by Crippen LogP contribution is -2.40. The molecule has 9 nitrogen and oxygen atoms in total. The number of hydrogen-bond acceptors (Lipinski definition) is 7. The van der Waals surface area contributed by atoms with Gasteiger partial charge < -0.3 is 15.4 Å². The van der Waals surface area contributed by atoms with Crippen LogP contribution < -0.4 is 10.6 Å². The number of carbonyl (C=O) groups is 1. The van der Waals surface area contributed by atoms with E-state index in [0.717, 1.165) is 11.4 Å². The SMILES string of the molecule is Cc1cc(C)nc(NCCCC(=O)Nc2ccc(S(=O)(=O)N3CCOCC3)cc2)n1. The van der Waals surface area contributed by atoms with Crippen molar-refractivity contribution in [1.82, 2.24) is 14.3 Å². The Labute approximate surface area is 176 Å². The van der Waals surface area contributed by atoms with Gasteiger partial charge in [0, 0.05) is 43.1 Å². The number of anilines is 2. The van der Waals surface area contributed by atoms with Gasteiger partial charge in [0.1, 0.15) is 0 Å². The Morgan fingerprint density at radius 1 is 1.10 bits per heavy atom. The second-order valence-corrected chi connectivity index (χ2v) is 9.03. The van der Waals surface area contributed by atoms with E-state index in [0.29, 0.717) is 57.3 Å². The van der Waals surface area contributed by atoms with E-state index in [-0.39, 0.29) is 10.8 Å². The maximum Gasteiger partial charge on any atom is 0.243 e. The second-order valence-electron chi connectivity index (χ2n) is 7.09. The largest absolute Gasteiger partial charge is 0.379 e. The number of rotatable bonds is 8. The Balaban J connectivity index is 1.46. The van der Waals surface area contributed by atoms with E-state index in [9.17, 15) is 13.2 Å². The molecule has 0 atom stereocenters. The minimum Gasteiger partial charge on any atom is -0.379 e. The quantitative estimate of drug-likeness (QED) is 0.612. The van der Waals surface area contributed by atoms with E-state index in [1.54, 1.807) is 12.1 Å². The summed E-state index contributed by atoms with van der Waals surface area (Å²) in [6, 6.07) is 8.13. The normalized spacial score (nSPS) is 15.0. The van der Waals surface area contributed by atoms with Crippen molar-refractivity contribution in [3.8, 4) is 0 Å². The Hall–Kier alpha value is -2.56. The molecule has 0 spiro atoms. The Bertz CT molecular complexity index is 953. The predicted octanol–water partition coefficient (Wildman–Crippen LogP) is 1.95. The average Bonchev–Trinajstić information content (AvgIpc) is 2.72. The third kappa shape index (κ3) is 5.97. The van der Waals surface area contributed by atoms with E-state index >= 15 is 0 Å². The van der Waals surface area contributed by atoms with Gasteiger partial charge in [-0.3, -0.25) is 4.79 Å². The Kier molecular flexibility index (Phi) is 7.35. The summed E-state index contributed by atoms with van der Waals surface area (Å²) >= 11 is 0. The third-order valence-electron chi connectivity index (χ3n) is 4.59. The Morgan fingerprint density at radius 3 is 2.37 bits per heavy atom. The van der Waals surface area contributed by atoms with Crippen LogP contribution in [0.15, 0.2) is 35.2 Å². The first-order valence-electron chi connectivity index (χ1n) is 9.88. The minimum absolute atomic E-state index is 0.137. The molecule has 1 amide bonds.